The number of allylic oxidation sites excluding steroid dienone is 4. The van der Waals surface area contributed by atoms with Crippen LogP contribution in [0.25, 0.3) is 0 Å². The Bertz CT molecular complexity index is 140. The first-order valence-corrected chi connectivity index (χ1v) is 5.74. The molecule has 0 aliphatic heterocycles. The van der Waals surface area contributed by atoms with Crippen LogP contribution in [0.4, 0.5) is 0 Å². The molecule has 0 saturated carbocycles. The summed E-state index contributed by atoms with van der Waals surface area (Å²) in [5, 5.41) is 26.8. The van der Waals surface area contributed by atoms with E-state index >= 15 is 0 Å². The van der Waals surface area contributed by atoms with Crippen LogP contribution in [0.15, 0.2) is 22.1 Å². The van der Waals surface area contributed by atoms with Gasteiger partial charge < -0.3 is 15.3 Å². The second kappa shape index (κ2) is 23.7. The topological polar surface area (TPSA) is 69.2 Å². The summed E-state index contributed by atoms with van der Waals surface area (Å²) in [7, 11) is 0. The van der Waals surface area contributed by atoms with Gasteiger partial charge in [0.1, 0.15) is 0 Å². The van der Waals surface area contributed by atoms with Gasteiger partial charge in [-0.15, -0.1) is 19.8 Å². The van der Waals surface area contributed by atoms with E-state index in [0.717, 1.165) is 0 Å². The third-order valence-corrected chi connectivity index (χ3v) is 1.35. The Labute approximate surface area is 105 Å². The Kier molecular flexibility index (Phi) is 32.4. The van der Waals surface area contributed by atoms with Gasteiger partial charge in [0.2, 0.25) is 0 Å². The van der Waals surface area contributed by atoms with E-state index in [-0.39, 0.29) is 19.8 Å². The zero-order valence-corrected chi connectivity index (χ0v) is 11.3. The van der Waals surface area contributed by atoms with Crippen LogP contribution in [0, 0.1) is 0 Å². The molecule has 1 rings (SSSR count). The minimum atomic E-state index is 0. The molecular formula is C11H20O3Ti. The van der Waals surface area contributed by atoms with E-state index in [0.29, 0.717) is 0 Å². The van der Waals surface area contributed by atoms with Crippen LogP contribution in [0.1, 0.15) is 27.2 Å². The van der Waals surface area contributed by atoms with Gasteiger partial charge in [-0.2, -0.15) is 0 Å². The van der Waals surface area contributed by atoms with Gasteiger partial charge in [-0.1, -0.05) is 20.8 Å². The van der Waals surface area contributed by atoms with Crippen LogP contribution < -0.4 is 15.3 Å². The summed E-state index contributed by atoms with van der Waals surface area (Å²) in [6.07, 6.45) is 7.56. The summed E-state index contributed by atoms with van der Waals surface area (Å²) >= 11 is 2.14. The second-order valence-corrected chi connectivity index (χ2v) is 3.19. The molecule has 1 aliphatic rings. The molecule has 0 bridgehead atoms. The van der Waals surface area contributed by atoms with Crippen molar-refractivity contribution >= 4 is 0 Å². The summed E-state index contributed by atoms with van der Waals surface area (Å²) in [4.78, 5) is 0. The summed E-state index contributed by atoms with van der Waals surface area (Å²) < 4.78 is 1.47. The molecule has 0 saturated heterocycles. The van der Waals surface area contributed by atoms with Crippen molar-refractivity contribution in [2.45, 2.75) is 27.2 Å². The van der Waals surface area contributed by atoms with Crippen LogP contribution in [0.5, 0.6) is 0 Å². The van der Waals surface area contributed by atoms with Gasteiger partial charge in [0.15, 0.2) is 0 Å². The molecule has 1 aliphatic carbocycles. The summed E-state index contributed by atoms with van der Waals surface area (Å²) in [6.45, 7) is 4.71. The van der Waals surface area contributed by atoms with Gasteiger partial charge in [0.25, 0.3) is 0 Å². The molecule has 0 atom stereocenters. The first kappa shape index (κ1) is 20.5. The number of rotatable bonds is 0. The molecule has 86 valence electrons. The predicted octanol–water partition coefficient (Wildman–Crippen LogP) is -0.523. The van der Waals surface area contributed by atoms with Crippen molar-refractivity contribution < 1.29 is 35.8 Å². The molecule has 0 aromatic carbocycles. The minimum absolute atomic E-state index is 0. The van der Waals surface area contributed by atoms with Crippen molar-refractivity contribution in [1.29, 1.82) is 0 Å². The second-order valence-electron chi connectivity index (χ2n) is 2.19. The van der Waals surface area contributed by atoms with Crippen molar-refractivity contribution in [2.75, 3.05) is 19.8 Å². The van der Waals surface area contributed by atoms with Gasteiger partial charge in [-0.25, -0.2) is 0 Å². The summed E-state index contributed by atoms with van der Waals surface area (Å²) in [5.41, 5.74) is 0. The Morgan fingerprint density at radius 3 is 1.47 bits per heavy atom. The van der Waals surface area contributed by atoms with Crippen molar-refractivity contribution in [3.63, 3.8) is 0 Å². The molecule has 0 spiro atoms. The van der Waals surface area contributed by atoms with Gasteiger partial charge >= 0.3 is 49.0 Å². The zero-order valence-electron chi connectivity index (χ0n) is 9.79. The van der Waals surface area contributed by atoms with Crippen LogP contribution in [0.3, 0.4) is 0 Å². The molecule has 4 heteroatoms. The summed E-state index contributed by atoms with van der Waals surface area (Å²) in [6, 6.07) is 0. The monoisotopic (exact) mass is 248 g/mol. The average Bonchev–Trinajstić information content (AvgIpc) is 2.60. The molecular weight excluding hydrogens is 228 g/mol. The van der Waals surface area contributed by atoms with Crippen molar-refractivity contribution in [3.05, 3.63) is 22.1 Å². The molecule has 15 heavy (non-hydrogen) atoms. The molecule has 0 aromatic heterocycles. The first-order valence-electron chi connectivity index (χ1n) is 4.95. The maximum atomic E-state index is 8.93. The van der Waals surface area contributed by atoms with E-state index in [4.69, 9.17) is 15.3 Å². The van der Waals surface area contributed by atoms with Crippen molar-refractivity contribution in [3.8, 4) is 0 Å². The Morgan fingerprint density at radius 2 is 1.40 bits per heavy atom. The van der Waals surface area contributed by atoms with Gasteiger partial charge in [-0.05, 0) is 0 Å². The number of hydrogen-bond acceptors (Lipinski definition) is 3. The van der Waals surface area contributed by atoms with Crippen LogP contribution in [-0.4, -0.2) is 19.8 Å². The SMILES string of the molecule is CC[O-].CC[O-].CC[O-].[Ti+3][C]1=CC=CC1. The standard InChI is InChI=1S/C5H5.3C2H5O.Ti/c1-2-4-5-3-1;3*1-2-3;/h1-3H,4H2;3*2H2,1H3;/q;3*-1;+3. The van der Waals surface area contributed by atoms with E-state index in [1.807, 2.05) is 0 Å². The van der Waals surface area contributed by atoms with Gasteiger partial charge in [0.05, 0.1) is 0 Å². The van der Waals surface area contributed by atoms with Crippen LogP contribution in [-0.2, 0) is 20.4 Å². The van der Waals surface area contributed by atoms with E-state index in [1.54, 1.807) is 20.8 Å². The van der Waals surface area contributed by atoms with Crippen LogP contribution in [0.2, 0.25) is 0 Å². The van der Waals surface area contributed by atoms with Crippen molar-refractivity contribution in [2.24, 2.45) is 0 Å². The average molecular weight is 248 g/mol. The van der Waals surface area contributed by atoms with E-state index in [2.05, 4.69) is 38.7 Å². The van der Waals surface area contributed by atoms with E-state index in [9.17, 15) is 0 Å². The maximum absolute atomic E-state index is 8.93. The molecule has 0 amide bonds. The Balaban J connectivity index is -0.000000140. The fourth-order valence-corrected chi connectivity index (χ4v) is 0.782. The molecule has 0 heterocycles. The molecule has 0 fully saturated rings. The third kappa shape index (κ3) is 41.0. The van der Waals surface area contributed by atoms with Gasteiger partial charge in [-0.3, -0.25) is 0 Å². The Hall–Kier alpha value is 0.0743. The first-order chi connectivity index (χ1) is 7.14. The third-order valence-electron chi connectivity index (χ3n) is 0.771. The molecule has 0 aromatic rings. The Morgan fingerprint density at radius 1 is 1.07 bits per heavy atom. The predicted molar refractivity (Wildman–Crippen MR) is 53.5 cm³/mol. The zero-order chi connectivity index (χ0) is 12.5. The molecule has 3 nitrogen and oxygen atoms in total. The summed E-state index contributed by atoms with van der Waals surface area (Å²) in [5.74, 6) is 0. The van der Waals surface area contributed by atoms with Crippen molar-refractivity contribution in [1.82, 2.24) is 0 Å². The number of hydrogen-bond donors (Lipinski definition) is 0. The quantitative estimate of drug-likeness (QED) is 0.541. The van der Waals surface area contributed by atoms with E-state index in [1.165, 1.54) is 10.3 Å². The fourth-order valence-electron chi connectivity index (χ4n) is 0.447. The normalized spacial score (nSPS) is 11.1. The molecule has 0 radical (unpaired) electrons. The van der Waals surface area contributed by atoms with E-state index < -0.39 is 0 Å². The van der Waals surface area contributed by atoms with Crippen LogP contribution >= 0.6 is 0 Å². The van der Waals surface area contributed by atoms with Gasteiger partial charge in [0, 0.05) is 0 Å². The molecule has 0 N–H and O–H groups in total. The fraction of sp³-hybridized carbons (Fsp3) is 0.636. The molecule has 0 unspecified atom stereocenters.